The van der Waals surface area contributed by atoms with Crippen molar-refractivity contribution in [2.45, 2.75) is 6.10 Å². The lowest BCUT2D eigenvalue weighted by atomic mass is 10.1. The lowest BCUT2D eigenvalue weighted by Gasteiger charge is -2.10. The number of hydrogen-bond donors (Lipinski definition) is 3. The van der Waals surface area contributed by atoms with Crippen molar-refractivity contribution in [1.82, 2.24) is 0 Å². The molecule has 0 amide bonds. The molecule has 5 nitrogen and oxygen atoms in total. The van der Waals surface area contributed by atoms with Gasteiger partial charge in [0.05, 0.1) is 19.8 Å². The van der Waals surface area contributed by atoms with Gasteiger partial charge >= 0.3 is 0 Å². The summed E-state index contributed by atoms with van der Waals surface area (Å²) in [5.74, 6) is 0.945. The molecule has 0 radical (unpaired) electrons. The van der Waals surface area contributed by atoms with Crippen molar-refractivity contribution in [2.24, 2.45) is 10.7 Å². The molecule has 1 atom stereocenters. The van der Waals surface area contributed by atoms with Crippen molar-refractivity contribution in [3.05, 3.63) is 59.1 Å². The number of ether oxygens (including phenoxy) is 1. The predicted molar refractivity (Wildman–Crippen MR) is 105 cm³/mol. The minimum atomic E-state index is -0.733. The number of nitrogens with two attached hydrogens (primary N) is 1. The highest BCUT2D eigenvalue weighted by atomic mass is 127. The molecule has 0 saturated heterocycles. The molecule has 124 valence electrons. The first-order chi connectivity index (χ1) is 10.6. The number of aliphatic hydroxyl groups is 1. The van der Waals surface area contributed by atoms with Gasteiger partial charge in [0, 0.05) is 16.8 Å². The summed E-state index contributed by atoms with van der Waals surface area (Å²) in [7, 11) is 1.60. The maximum absolute atomic E-state index is 10.1. The normalized spacial score (nSPS) is 12.2. The smallest absolute Gasteiger partial charge is 0.193 e. The van der Waals surface area contributed by atoms with Gasteiger partial charge in [0.2, 0.25) is 0 Å². The van der Waals surface area contributed by atoms with Gasteiger partial charge in [0.25, 0.3) is 0 Å². The first-order valence-electron chi connectivity index (χ1n) is 6.73. The fraction of sp³-hybridized carbons (Fsp3) is 0.188. The summed E-state index contributed by atoms with van der Waals surface area (Å²) in [5.41, 5.74) is 7.32. The Morgan fingerprint density at radius 3 is 2.65 bits per heavy atom. The maximum atomic E-state index is 10.1. The van der Waals surface area contributed by atoms with Gasteiger partial charge in [0.1, 0.15) is 5.75 Å². The third-order valence-corrected chi connectivity index (χ3v) is 3.28. The van der Waals surface area contributed by atoms with Crippen molar-refractivity contribution in [1.29, 1.82) is 0 Å². The van der Waals surface area contributed by atoms with E-state index in [1.54, 1.807) is 37.4 Å². The van der Waals surface area contributed by atoms with Crippen LogP contribution in [0.4, 0.5) is 5.69 Å². The Hall–Kier alpha value is -1.51. The quantitative estimate of drug-likeness (QED) is 0.373. The lowest BCUT2D eigenvalue weighted by Crippen LogP contribution is -2.23. The van der Waals surface area contributed by atoms with E-state index in [-0.39, 0.29) is 36.5 Å². The van der Waals surface area contributed by atoms with Crippen molar-refractivity contribution >= 4 is 47.2 Å². The number of anilines is 1. The van der Waals surface area contributed by atoms with Crippen LogP contribution in [0.3, 0.4) is 0 Å². The minimum absolute atomic E-state index is 0. The fourth-order valence-corrected chi connectivity index (χ4v) is 1.99. The Bertz CT molecular complexity index is 650. The van der Waals surface area contributed by atoms with Gasteiger partial charge in [-0.1, -0.05) is 29.8 Å². The van der Waals surface area contributed by atoms with Crippen LogP contribution in [0.2, 0.25) is 5.02 Å². The van der Waals surface area contributed by atoms with E-state index < -0.39 is 6.10 Å². The number of halogens is 2. The maximum Gasteiger partial charge on any atom is 0.193 e. The van der Waals surface area contributed by atoms with Crippen LogP contribution in [0.15, 0.2) is 53.5 Å². The molecule has 2 aromatic rings. The molecule has 4 N–H and O–H groups in total. The Morgan fingerprint density at radius 1 is 1.30 bits per heavy atom. The van der Waals surface area contributed by atoms with Gasteiger partial charge in [-0.25, -0.2) is 0 Å². The Kier molecular flexibility index (Phi) is 8.15. The van der Waals surface area contributed by atoms with E-state index in [0.29, 0.717) is 5.02 Å². The van der Waals surface area contributed by atoms with Crippen LogP contribution in [0.1, 0.15) is 11.7 Å². The molecule has 0 spiro atoms. The van der Waals surface area contributed by atoms with Gasteiger partial charge in [-0.3, -0.25) is 4.99 Å². The van der Waals surface area contributed by atoms with Crippen LogP contribution in [-0.2, 0) is 0 Å². The molecule has 0 aliphatic heterocycles. The van der Waals surface area contributed by atoms with Crippen LogP contribution in [0, 0.1) is 0 Å². The summed E-state index contributed by atoms with van der Waals surface area (Å²) in [6.45, 7) is 0.157. The van der Waals surface area contributed by atoms with E-state index >= 15 is 0 Å². The molecular formula is C16H19ClIN3O2. The number of nitrogens with zero attached hydrogens (tertiary/aromatic N) is 1. The molecule has 0 bridgehead atoms. The predicted octanol–water partition coefficient (Wildman–Crippen LogP) is 3.43. The number of benzene rings is 2. The summed E-state index contributed by atoms with van der Waals surface area (Å²) >= 11 is 5.81. The van der Waals surface area contributed by atoms with Crippen molar-refractivity contribution < 1.29 is 9.84 Å². The molecule has 2 aromatic carbocycles. The van der Waals surface area contributed by atoms with E-state index in [2.05, 4.69) is 10.3 Å². The molecule has 0 aromatic heterocycles. The number of hydrogen-bond acceptors (Lipinski definition) is 3. The van der Waals surface area contributed by atoms with E-state index in [1.165, 1.54) is 0 Å². The van der Waals surface area contributed by atoms with Gasteiger partial charge in [-0.2, -0.15) is 0 Å². The highest BCUT2D eigenvalue weighted by Crippen LogP contribution is 2.18. The topological polar surface area (TPSA) is 79.9 Å². The van der Waals surface area contributed by atoms with Gasteiger partial charge in [-0.15, -0.1) is 24.0 Å². The average Bonchev–Trinajstić information content (AvgIpc) is 2.53. The molecule has 1 unspecified atom stereocenters. The fourth-order valence-electron chi connectivity index (χ4n) is 1.86. The summed E-state index contributed by atoms with van der Waals surface area (Å²) in [4.78, 5) is 4.13. The second kappa shape index (κ2) is 9.59. The first-order valence-corrected chi connectivity index (χ1v) is 7.11. The third kappa shape index (κ3) is 6.25. The summed E-state index contributed by atoms with van der Waals surface area (Å²) in [5, 5.41) is 13.6. The SMILES string of the molecule is COc1cccc(NC(N)=NCC(O)c2ccc(Cl)cc2)c1.I. The highest BCUT2D eigenvalue weighted by molar-refractivity contribution is 14.0. The third-order valence-electron chi connectivity index (χ3n) is 3.03. The number of rotatable bonds is 5. The van der Waals surface area contributed by atoms with Crippen LogP contribution >= 0.6 is 35.6 Å². The Morgan fingerprint density at radius 2 is 2.00 bits per heavy atom. The first kappa shape index (κ1) is 19.5. The highest BCUT2D eigenvalue weighted by Gasteiger charge is 2.07. The number of methoxy groups -OCH3 is 1. The largest absolute Gasteiger partial charge is 0.497 e. The Labute approximate surface area is 157 Å². The molecule has 2 rings (SSSR count). The van der Waals surface area contributed by atoms with E-state index in [4.69, 9.17) is 22.1 Å². The average molecular weight is 448 g/mol. The summed E-state index contributed by atoms with van der Waals surface area (Å²) < 4.78 is 5.13. The summed E-state index contributed by atoms with van der Waals surface area (Å²) in [6.07, 6.45) is -0.733. The van der Waals surface area contributed by atoms with Crippen LogP contribution < -0.4 is 15.8 Å². The second-order valence-corrected chi connectivity index (χ2v) is 5.09. The van der Waals surface area contributed by atoms with Gasteiger partial charge in [-0.05, 0) is 29.8 Å². The second-order valence-electron chi connectivity index (χ2n) is 4.65. The van der Waals surface area contributed by atoms with Crippen molar-refractivity contribution in [3.8, 4) is 5.75 Å². The van der Waals surface area contributed by atoms with Gasteiger partial charge < -0.3 is 20.9 Å². The number of aliphatic imine (C=N–C) groups is 1. The van der Waals surface area contributed by atoms with Gasteiger partial charge in [0.15, 0.2) is 5.96 Å². The number of nitrogens with one attached hydrogen (secondary N) is 1. The zero-order valence-electron chi connectivity index (χ0n) is 12.6. The summed E-state index contributed by atoms with van der Waals surface area (Å²) in [6, 6.07) is 14.3. The molecule has 7 heteroatoms. The van der Waals surface area contributed by atoms with Crippen molar-refractivity contribution in [2.75, 3.05) is 19.0 Å². The number of guanidine groups is 1. The molecule has 0 heterocycles. The van der Waals surface area contributed by atoms with Crippen LogP contribution in [-0.4, -0.2) is 24.7 Å². The molecule has 0 saturated carbocycles. The van der Waals surface area contributed by atoms with E-state index in [1.807, 2.05) is 18.2 Å². The minimum Gasteiger partial charge on any atom is -0.497 e. The van der Waals surface area contributed by atoms with Crippen LogP contribution in [0.25, 0.3) is 0 Å². The molecular weight excluding hydrogens is 429 g/mol. The molecule has 0 aliphatic carbocycles. The van der Waals surface area contributed by atoms with Crippen molar-refractivity contribution in [3.63, 3.8) is 0 Å². The Balaban J connectivity index is 0.00000264. The van der Waals surface area contributed by atoms with E-state index in [0.717, 1.165) is 17.0 Å². The standard InChI is InChI=1S/C16H18ClN3O2.HI/c1-22-14-4-2-3-13(9-14)20-16(18)19-10-15(21)11-5-7-12(17)8-6-11;/h2-9,15,21H,10H2,1H3,(H3,18,19,20);1H. The monoisotopic (exact) mass is 447 g/mol. The molecule has 0 fully saturated rings. The number of aliphatic hydroxyl groups excluding tert-OH is 1. The lowest BCUT2D eigenvalue weighted by molar-refractivity contribution is 0.187. The zero-order valence-corrected chi connectivity index (χ0v) is 15.7. The van der Waals surface area contributed by atoms with Crippen LogP contribution in [0.5, 0.6) is 5.75 Å². The zero-order chi connectivity index (χ0) is 15.9. The molecule has 23 heavy (non-hydrogen) atoms. The van der Waals surface area contributed by atoms with E-state index in [9.17, 15) is 5.11 Å². The molecule has 0 aliphatic rings.